The van der Waals surface area contributed by atoms with Gasteiger partial charge in [0, 0.05) is 56.8 Å². The summed E-state index contributed by atoms with van der Waals surface area (Å²) in [5.74, 6) is -3.37. The van der Waals surface area contributed by atoms with Crippen molar-refractivity contribution in [2.45, 2.75) is 212 Å². The number of likely N-dealkylation sites (N-methyl/N-ethyl adjacent to an activating group) is 1. The molecule has 0 unspecified atom stereocenters. The van der Waals surface area contributed by atoms with E-state index in [-0.39, 0.29) is 49.2 Å². The molecule has 14 nitrogen and oxygen atoms in total. The molecule has 2 saturated heterocycles. The number of hydrogen-bond donors (Lipinski definition) is 4. The van der Waals surface area contributed by atoms with E-state index in [2.05, 4.69) is 32.9 Å². The fourth-order valence-corrected chi connectivity index (χ4v) is 10.5. The van der Waals surface area contributed by atoms with Gasteiger partial charge in [-0.15, -0.1) is 0 Å². The summed E-state index contributed by atoms with van der Waals surface area (Å²) in [5, 5.41) is 52.2. The lowest BCUT2D eigenvalue weighted by molar-refractivity contribution is -0.318. The highest BCUT2D eigenvalue weighted by Gasteiger charge is 2.53. The molecule has 2 heterocycles. The SMILES string of the molecule is CC[C@H]1CC(=O)[C@H](C)[C@@H](O[C@H]2C[C@@](C)(OC)[C@@H](O)[C@H](C)O2)[C@H](C)[C@@H](O[C@@H]2O[C@H](C)C[C@H](N(C)C)[C@H]2O)[C@](C)(OC)C[C@@H](C)/C(=N\OCc2ccc(C(C)(C)C)cc2)[C@H](C)[C@@H](O)[C@]1(C)O. The van der Waals surface area contributed by atoms with Crippen LogP contribution in [0.15, 0.2) is 29.4 Å². The zero-order valence-electron chi connectivity index (χ0n) is 42.2. The average Bonchev–Trinajstić information content (AvgIpc) is 3.23. The van der Waals surface area contributed by atoms with E-state index in [4.69, 9.17) is 38.4 Å². The molecule has 1 aliphatic carbocycles. The molecule has 18 atom stereocenters. The quantitative estimate of drug-likeness (QED) is 0.180. The Morgan fingerprint density at radius 3 is 2.02 bits per heavy atom. The maximum Gasteiger partial charge on any atom is 0.185 e. The van der Waals surface area contributed by atoms with Crippen molar-refractivity contribution in [3.8, 4) is 0 Å². The molecule has 64 heavy (non-hydrogen) atoms. The second-order valence-electron chi connectivity index (χ2n) is 21.4. The number of aliphatic hydroxyl groups excluding tert-OH is 3. The summed E-state index contributed by atoms with van der Waals surface area (Å²) in [6.45, 7) is 25.2. The van der Waals surface area contributed by atoms with Crippen molar-refractivity contribution < 1.29 is 58.5 Å². The van der Waals surface area contributed by atoms with Gasteiger partial charge in [0.15, 0.2) is 12.6 Å². The van der Waals surface area contributed by atoms with Gasteiger partial charge < -0.3 is 58.6 Å². The first kappa shape index (κ1) is 54.5. The van der Waals surface area contributed by atoms with Gasteiger partial charge in [0.2, 0.25) is 0 Å². The molecule has 0 radical (unpaired) electrons. The predicted molar refractivity (Wildman–Crippen MR) is 247 cm³/mol. The number of hydrogen-bond acceptors (Lipinski definition) is 14. The van der Waals surface area contributed by atoms with Crippen LogP contribution < -0.4 is 0 Å². The molecule has 1 aromatic rings. The van der Waals surface area contributed by atoms with Gasteiger partial charge in [0.25, 0.3) is 0 Å². The van der Waals surface area contributed by atoms with Crippen LogP contribution in [0.2, 0.25) is 0 Å². The van der Waals surface area contributed by atoms with E-state index in [0.717, 1.165) is 5.56 Å². The number of oxime groups is 1. The van der Waals surface area contributed by atoms with Gasteiger partial charge in [0.05, 0.1) is 53.0 Å². The summed E-state index contributed by atoms with van der Waals surface area (Å²) >= 11 is 0. The Hall–Kier alpha value is -2.08. The molecule has 1 saturated carbocycles. The smallest absolute Gasteiger partial charge is 0.185 e. The fraction of sp³-hybridized carbons (Fsp3) is 0.840. The Morgan fingerprint density at radius 1 is 0.859 bits per heavy atom. The van der Waals surface area contributed by atoms with Crippen LogP contribution in [-0.2, 0) is 50.1 Å². The summed E-state index contributed by atoms with van der Waals surface area (Å²) in [7, 11) is 6.98. The number of carbonyl (C=O) groups is 1. The standard InChI is InChI=1S/C50H86N2O12/c1-18-35-24-38(53)30(4)42(63-39-26-48(11,58-16)44(56)33(7)62-39)32(6)45(64-46-41(54)37(52(14)15)23-29(3)61-46)49(12,59-17)25-28(2)40(31(5)43(55)50(35,13)57)51-60-27-34-19-21-36(22-20-34)47(8,9)10/h19-22,28-33,35,37,39,41-46,54-57H,18,23-27H2,1-17H3/b51-40+/t28-,29-,30+,31+,32+,33+,35+,37+,39+,41-,42-,43-,44+,45-,46+,48-,49-,50-/m1/s1. The van der Waals surface area contributed by atoms with Crippen LogP contribution in [0.1, 0.15) is 133 Å². The summed E-state index contributed by atoms with van der Waals surface area (Å²) in [6, 6.07) is 7.96. The van der Waals surface area contributed by atoms with Crippen LogP contribution in [0.5, 0.6) is 0 Å². The molecular weight excluding hydrogens is 821 g/mol. The normalized spacial score (nSPS) is 43.0. The van der Waals surface area contributed by atoms with E-state index in [0.29, 0.717) is 18.6 Å². The number of rotatable bonds is 11. The van der Waals surface area contributed by atoms with Crippen molar-refractivity contribution >= 4 is 11.5 Å². The minimum Gasteiger partial charge on any atom is -0.391 e. The summed E-state index contributed by atoms with van der Waals surface area (Å²) < 4.78 is 39.1. The average molecular weight is 907 g/mol. The van der Waals surface area contributed by atoms with Gasteiger partial charge in [-0.3, -0.25) is 4.79 Å². The zero-order valence-corrected chi connectivity index (χ0v) is 42.2. The van der Waals surface area contributed by atoms with E-state index < -0.39 is 95.6 Å². The zero-order chi connectivity index (χ0) is 48.3. The molecule has 0 bridgehead atoms. The van der Waals surface area contributed by atoms with E-state index in [1.54, 1.807) is 28.1 Å². The summed E-state index contributed by atoms with van der Waals surface area (Å²) in [6.07, 6.45) is -6.53. The molecule has 3 fully saturated rings. The van der Waals surface area contributed by atoms with E-state index in [9.17, 15) is 25.2 Å². The fourth-order valence-electron chi connectivity index (χ4n) is 10.5. The van der Waals surface area contributed by atoms with E-state index >= 15 is 0 Å². The number of ketones is 1. The molecular formula is C50H86N2O12. The molecule has 0 amide bonds. The summed E-state index contributed by atoms with van der Waals surface area (Å²) in [5.41, 5.74) is -1.27. The Bertz CT molecular complexity index is 1670. The minimum atomic E-state index is -1.71. The lowest BCUT2D eigenvalue weighted by Crippen LogP contribution is -2.61. The second kappa shape index (κ2) is 21.9. The number of methoxy groups -OCH3 is 2. The largest absolute Gasteiger partial charge is 0.391 e. The molecule has 1 aromatic carbocycles. The van der Waals surface area contributed by atoms with Crippen molar-refractivity contribution in [3.63, 3.8) is 0 Å². The van der Waals surface area contributed by atoms with E-state index in [1.165, 1.54) is 5.56 Å². The van der Waals surface area contributed by atoms with Crippen molar-refractivity contribution in [2.75, 3.05) is 28.3 Å². The topological polar surface area (TPSA) is 178 Å². The van der Waals surface area contributed by atoms with Crippen molar-refractivity contribution in [3.05, 3.63) is 35.4 Å². The number of benzene rings is 1. The Labute approximate surface area is 384 Å². The first-order valence-electron chi connectivity index (χ1n) is 23.6. The second-order valence-corrected chi connectivity index (χ2v) is 21.4. The van der Waals surface area contributed by atoms with Crippen LogP contribution in [-0.4, -0.2) is 143 Å². The van der Waals surface area contributed by atoms with Crippen molar-refractivity contribution in [2.24, 2.45) is 34.7 Å². The molecule has 3 aliphatic rings. The first-order valence-corrected chi connectivity index (χ1v) is 23.6. The number of ether oxygens (including phenoxy) is 6. The Morgan fingerprint density at radius 2 is 1.47 bits per heavy atom. The van der Waals surface area contributed by atoms with Gasteiger partial charge >= 0.3 is 0 Å². The third-order valence-corrected chi connectivity index (χ3v) is 15.1. The Kier molecular flexibility index (Phi) is 18.7. The van der Waals surface area contributed by atoms with Gasteiger partial charge in [-0.05, 0) is 84.0 Å². The molecule has 14 heteroatoms. The number of nitrogens with zero attached hydrogens (tertiary/aromatic N) is 2. The van der Waals surface area contributed by atoms with Crippen LogP contribution >= 0.6 is 0 Å². The van der Waals surface area contributed by atoms with Crippen LogP contribution in [0.3, 0.4) is 0 Å². The molecule has 2 aliphatic heterocycles. The Balaban J connectivity index is 1.89. The molecule has 0 spiro atoms. The van der Waals surface area contributed by atoms with Crippen molar-refractivity contribution in [1.82, 2.24) is 4.90 Å². The first-order chi connectivity index (χ1) is 29.6. The third kappa shape index (κ3) is 12.3. The number of aliphatic hydroxyl groups is 4. The lowest BCUT2D eigenvalue weighted by Gasteiger charge is -2.50. The predicted octanol–water partition coefficient (Wildman–Crippen LogP) is 6.40. The highest BCUT2D eigenvalue weighted by molar-refractivity contribution is 5.89. The van der Waals surface area contributed by atoms with Gasteiger partial charge in [-0.1, -0.05) is 91.2 Å². The van der Waals surface area contributed by atoms with Crippen LogP contribution in [0.25, 0.3) is 0 Å². The maximum absolute atomic E-state index is 14.8. The van der Waals surface area contributed by atoms with Gasteiger partial charge in [-0.25, -0.2) is 0 Å². The third-order valence-electron chi connectivity index (χ3n) is 15.1. The van der Waals surface area contributed by atoms with Gasteiger partial charge in [0.1, 0.15) is 24.6 Å². The molecule has 368 valence electrons. The molecule has 4 N–H and O–H groups in total. The van der Waals surface area contributed by atoms with Gasteiger partial charge in [-0.2, -0.15) is 0 Å². The van der Waals surface area contributed by atoms with Crippen LogP contribution in [0.4, 0.5) is 0 Å². The highest BCUT2D eigenvalue weighted by Crippen LogP contribution is 2.43. The van der Waals surface area contributed by atoms with Crippen LogP contribution in [0, 0.1) is 29.6 Å². The van der Waals surface area contributed by atoms with Crippen molar-refractivity contribution in [1.29, 1.82) is 0 Å². The molecule has 4 rings (SSSR count). The number of carbonyl (C=O) groups excluding carboxylic acids is 1. The number of Topliss-reactive ketones (excluding diaryl/α,β-unsaturated/α-hetero) is 1. The monoisotopic (exact) mass is 907 g/mol. The summed E-state index contributed by atoms with van der Waals surface area (Å²) in [4.78, 5) is 22.9. The lowest BCUT2D eigenvalue weighted by atomic mass is 9.69. The maximum atomic E-state index is 14.8. The minimum absolute atomic E-state index is 0.00787. The van der Waals surface area contributed by atoms with E-state index in [1.807, 2.05) is 86.5 Å². The highest BCUT2D eigenvalue weighted by atomic mass is 16.7. The molecule has 0 aromatic heterocycles.